The molecule has 4 heterocycles. The van der Waals surface area contributed by atoms with Crippen LogP contribution in [-0.4, -0.2) is 39.2 Å². The number of hydrogen-bond donors (Lipinski definition) is 1. The molecule has 2 aromatic heterocycles. The van der Waals surface area contributed by atoms with Gasteiger partial charge in [-0.25, -0.2) is 4.79 Å². The molecule has 0 aromatic carbocycles. The number of carboxylic acid groups (broad SMARTS) is 1. The monoisotopic (exact) mass is 324 g/mol. The quantitative estimate of drug-likeness (QED) is 0.920. The van der Waals surface area contributed by atoms with Crippen LogP contribution in [0, 0.1) is 13.8 Å². The van der Waals surface area contributed by atoms with Gasteiger partial charge in [-0.3, -0.25) is 14.9 Å². The van der Waals surface area contributed by atoms with E-state index in [1.54, 1.807) is 6.20 Å². The van der Waals surface area contributed by atoms with Gasteiger partial charge in [-0.2, -0.15) is 0 Å². The van der Waals surface area contributed by atoms with Crippen LogP contribution < -0.4 is 4.90 Å². The Hall–Kier alpha value is -2.63. The number of amides is 1. The number of carbonyl (C=O) groups is 1. The predicted octanol–water partition coefficient (Wildman–Crippen LogP) is 2.69. The van der Waals surface area contributed by atoms with E-state index >= 15 is 0 Å². The zero-order valence-corrected chi connectivity index (χ0v) is 13.9. The highest BCUT2D eigenvalue weighted by atomic mass is 16.4. The molecule has 1 N–H and O–H groups in total. The van der Waals surface area contributed by atoms with Crippen molar-refractivity contribution in [2.24, 2.45) is 0 Å². The third-order valence-electron chi connectivity index (χ3n) is 5.16. The fraction of sp³-hybridized carbons (Fsp3) is 0.389. The van der Waals surface area contributed by atoms with Crippen LogP contribution in [0.5, 0.6) is 0 Å². The summed E-state index contributed by atoms with van der Waals surface area (Å²) in [5.41, 5.74) is 6.71. The Morgan fingerprint density at radius 1 is 1.29 bits per heavy atom. The molecular formula is C18H20N4O2. The molecule has 1 amide bonds. The lowest BCUT2D eigenvalue weighted by Gasteiger charge is -2.42. The van der Waals surface area contributed by atoms with Crippen LogP contribution in [0.25, 0.3) is 0 Å². The van der Waals surface area contributed by atoms with Gasteiger partial charge in [-0.1, -0.05) is 0 Å². The van der Waals surface area contributed by atoms with Gasteiger partial charge >= 0.3 is 6.09 Å². The van der Waals surface area contributed by atoms with Crippen molar-refractivity contribution in [3.63, 3.8) is 0 Å². The lowest BCUT2D eigenvalue weighted by Crippen LogP contribution is -2.45. The summed E-state index contributed by atoms with van der Waals surface area (Å²) in [6.45, 7) is 6.92. The summed E-state index contributed by atoms with van der Waals surface area (Å²) in [5.74, 6) is 0.446. The molecule has 1 saturated heterocycles. The normalized spacial score (nSPS) is 16.9. The smallest absolute Gasteiger partial charge is 0.407 e. The van der Waals surface area contributed by atoms with Gasteiger partial charge in [-0.05, 0) is 42.7 Å². The highest BCUT2D eigenvalue weighted by Crippen LogP contribution is 2.37. The summed E-state index contributed by atoms with van der Waals surface area (Å²) >= 11 is 0. The molecule has 124 valence electrons. The molecule has 0 saturated carbocycles. The number of nitrogens with zero attached hydrogens (tertiary/aromatic N) is 4. The molecule has 0 spiro atoms. The van der Waals surface area contributed by atoms with Crippen LogP contribution in [0.1, 0.15) is 34.0 Å². The Bertz CT molecular complexity index is 800. The van der Waals surface area contributed by atoms with Gasteiger partial charge in [0, 0.05) is 30.9 Å². The number of anilines is 1. The molecule has 2 aliphatic rings. The molecule has 4 rings (SSSR count). The van der Waals surface area contributed by atoms with Crippen LogP contribution in [0.4, 0.5) is 10.5 Å². The SMILES string of the molecule is Cc1nc2c(c(C)c1C1CN(c3cccnc3)C1)CN(C(=O)O)C2. The van der Waals surface area contributed by atoms with E-state index in [0.717, 1.165) is 35.7 Å². The standard InChI is InChI=1S/C18H20N4O2/c1-11-15-9-22(18(23)24)10-16(15)20-12(2)17(11)13-7-21(8-13)14-4-3-5-19-6-14/h3-6,13H,7-10H2,1-2H3,(H,23,24). The Kier molecular flexibility index (Phi) is 3.40. The van der Waals surface area contributed by atoms with Crippen molar-refractivity contribution in [2.75, 3.05) is 18.0 Å². The summed E-state index contributed by atoms with van der Waals surface area (Å²) in [6.07, 6.45) is 2.80. The number of aryl methyl sites for hydroxylation is 1. The molecule has 2 aromatic rings. The Labute approximate surface area is 140 Å². The van der Waals surface area contributed by atoms with Crippen molar-refractivity contribution in [1.29, 1.82) is 0 Å². The van der Waals surface area contributed by atoms with Gasteiger partial charge in [0.15, 0.2) is 0 Å². The zero-order chi connectivity index (χ0) is 16.8. The molecule has 0 aliphatic carbocycles. The fourth-order valence-electron chi connectivity index (χ4n) is 3.90. The third kappa shape index (κ3) is 2.29. The van der Waals surface area contributed by atoms with Crippen molar-refractivity contribution in [3.05, 3.63) is 52.6 Å². The molecule has 2 aliphatic heterocycles. The Balaban J connectivity index is 1.58. The topological polar surface area (TPSA) is 69.6 Å². The lowest BCUT2D eigenvalue weighted by molar-refractivity contribution is 0.145. The number of rotatable bonds is 2. The van der Waals surface area contributed by atoms with Gasteiger partial charge in [-0.15, -0.1) is 0 Å². The van der Waals surface area contributed by atoms with Crippen LogP contribution in [0.3, 0.4) is 0 Å². The van der Waals surface area contributed by atoms with Gasteiger partial charge in [0.25, 0.3) is 0 Å². The largest absolute Gasteiger partial charge is 0.465 e. The molecule has 6 heteroatoms. The summed E-state index contributed by atoms with van der Waals surface area (Å²) < 4.78 is 0. The zero-order valence-electron chi connectivity index (χ0n) is 13.9. The Morgan fingerprint density at radius 3 is 2.75 bits per heavy atom. The first-order valence-electron chi connectivity index (χ1n) is 8.16. The second kappa shape index (κ2) is 5.47. The van der Waals surface area contributed by atoms with Crippen molar-refractivity contribution >= 4 is 11.8 Å². The van der Waals surface area contributed by atoms with E-state index in [4.69, 9.17) is 4.98 Å². The van der Waals surface area contributed by atoms with Crippen molar-refractivity contribution in [3.8, 4) is 0 Å². The first-order chi connectivity index (χ1) is 11.5. The van der Waals surface area contributed by atoms with Crippen LogP contribution in [-0.2, 0) is 13.1 Å². The maximum absolute atomic E-state index is 11.2. The number of fused-ring (bicyclic) bond motifs is 1. The number of aromatic nitrogens is 2. The second-order valence-corrected chi connectivity index (χ2v) is 6.61. The number of hydrogen-bond acceptors (Lipinski definition) is 4. The first kappa shape index (κ1) is 14.9. The molecule has 1 fully saturated rings. The lowest BCUT2D eigenvalue weighted by atomic mass is 9.85. The predicted molar refractivity (Wildman–Crippen MR) is 90.2 cm³/mol. The van der Waals surface area contributed by atoms with Gasteiger partial charge in [0.2, 0.25) is 0 Å². The van der Waals surface area contributed by atoms with Crippen molar-refractivity contribution in [1.82, 2.24) is 14.9 Å². The third-order valence-corrected chi connectivity index (χ3v) is 5.16. The summed E-state index contributed by atoms with van der Waals surface area (Å²) in [6, 6.07) is 4.03. The van der Waals surface area contributed by atoms with Crippen LogP contribution in [0.2, 0.25) is 0 Å². The minimum absolute atomic E-state index is 0.402. The van der Waals surface area contributed by atoms with Crippen molar-refractivity contribution < 1.29 is 9.90 Å². The van der Waals surface area contributed by atoms with Crippen molar-refractivity contribution in [2.45, 2.75) is 32.9 Å². The van der Waals surface area contributed by atoms with Crippen LogP contribution >= 0.6 is 0 Å². The van der Waals surface area contributed by atoms with E-state index in [9.17, 15) is 9.90 Å². The average Bonchev–Trinajstić information content (AvgIpc) is 2.94. The molecule has 0 atom stereocenters. The summed E-state index contributed by atoms with van der Waals surface area (Å²) in [7, 11) is 0. The molecular weight excluding hydrogens is 304 g/mol. The summed E-state index contributed by atoms with van der Waals surface area (Å²) in [5, 5.41) is 9.23. The van der Waals surface area contributed by atoms with E-state index in [1.807, 2.05) is 19.2 Å². The average molecular weight is 324 g/mol. The fourth-order valence-corrected chi connectivity index (χ4v) is 3.90. The first-order valence-corrected chi connectivity index (χ1v) is 8.16. The summed E-state index contributed by atoms with van der Waals surface area (Å²) in [4.78, 5) is 23.9. The number of pyridine rings is 2. The van der Waals surface area contributed by atoms with E-state index in [-0.39, 0.29) is 0 Å². The van der Waals surface area contributed by atoms with Gasteiger partial charge in [0.05, 0.1) is 30.7 Å². The second-order valence-electron chi connectivity index (χ2n) is 6.61. The van der Waals surface area contributed by atoms with Gasteiger partial charge in [0.1, 0.15) is 0 Å². The van der Waals surface area contributed by atoms with E-state index in [2.05, 4.69) is 22.9 Å². The highest BCUT2D eigenvalue weighted by molar-refractivity contribution is 5.66. The van der Waals surface area contributed by atoms with E-state index in [0.29, 0.717) is 19.0 Å². The molecule has 0 unspecified atom stereocenters. The van der Waals surface area contributed by atoms with Gasteiger partial charge < -0.3 is 10.0 Å². The highest BCUT2D eigenvalue weighted by Gasteiger charge is 2.34. The molecule has 0 radical (unpaired) electrons. The van der Waals surface area contributed by atoms with E-state index in [1.165, 1.54) is 16.0 Å². The Morgan fingerprint density at radius 2 is 2.08 bits per heavy atom. The minimum atomic E-state index is -0.877. The van der Waals surface area contributed by atoms with Crippen LogP contribution in [0.15, 0.2) is 24.5 Å². The van der Waals surface area contributed by atoms with E-state index < -0.39 is 6.09 Å². The molecule has 0 bridgehead atoms. The molecule has 24 heavy (non-hydrogen) atoms. The molecule has 6 nitrogen and oxygen atoms in total. The maximum Gasteiger partial charge on any atom is 0.407 e. The minimum Gasteiger partial charge on any atom is -0.465 e. The maximum atomic E-state index is 11.2.